The normalized spacial score (nSPS) is 12.9. The van der Waals surface area contributed by atoms with Gasteiger partial charge in [0.15, 0.2) is 19.9 Å². The van der Waals surface area contributed by atoms with E-state index < -0.39 is 15.4 Å². The van der Waals surface area contributed by atoms with E-state index in [1.165, 1.54) is 0 Å². The monoisotopic (exact) mass is 271 g/mol. The Morgan fingerprint density at radius 1 is 1.33 bits per heavy atom. The van der Waals surface area contributed by atoms with Crippen LogP contribution in [0.5, 0.6) is 0 Å². The van der Waals surface area contributed by atoms with E-state index in [0.717, 1.165) is 0 Å². The van der Waals surface area contributed by atoms with Crippen LogP contribution in [0.25, 0.3) is 0 Å². The molecule has 0 bridgehead atoms. The minimum absolute atomic E-state index is 0.0752. The van der Waals surface area contributed by atoms with Crippen LogP contribution in [0.1, 0.15) is 32.4 Å². The number of aromatic nitrogens is 1. The summed E-state index contributed by atoms with van der Waals surface area (Å²) in [7, 11) is -3.53. The van der Waals surface area contributed by atoms with Crippen molar-refractivity contribution in [3.63, 3.8) is 0 Å². The zero-order valence-corrected chi connectivity index (χ0v) is 12.9. The predicted molar refractivity (Wildman–Crippen MR) is 73.1 cm³/mol. The summed E-state index contributed by atoms with van der Waals surface area (Å²) in [6.45, 7) is 12.6. The first-order valence-corrected chi connectivity index (χ1v) is 8.92. The first kappa shape index (κ1) is 15.4. The van der Waals surface area contributed by atoms with Crippen molar-refractivity contribution in [2.45, 2.75) is 52.4 Å². The van der Waals surface area contributed by atoms with Crippen molar-refractivity contribution in [1.82, 2.24) is 4.98 Å². The zero-order chi connectivity index (χ0) is 14.1. The molecule has 0 atom stereocenters. The summed E-state index contributed by atoms with van der Waals surface area (Å²) >= 11 is 0. The molecule has 1 heterocycles. The maximum absolute atomic E-state index is 9.18. The Balaban J connectivity index is 2.81. The number of oxazole rings is 1. The van der Waals surface area contributed by atoms with E-state index in [4.69, 9.17) is 8.84 Å². The number of nitrogens with zero attached hydrogens (tertiary/aromatic N) is 1. The second kappa shape index (κ2) is 5.16. The Kier molecular flexibility index (Phi) is 4.43. The lowest BCUT2D eigenvalue weighted by Crippen LogP contribution is -2.41. The van der Waals surface area contributed by atoms with Gasteiger partial charge in [-0.25, -0.2) is 4.98 Å². The summed E-state index contributed by atoms with van der Waals surface area (Å²) in [5.74, 6) is 0.409. The van der Waals surface area contributed by atoms with Crippen LogP contribution >= 0.6 is 0 Å². The van der Waals surface area contributed by atoms with E-state index in [1.54, 1.807) is 6.92 Å². The molecule has 0 aliphatic heterocycles. The van der Waals surface area contributed by atoms with Gasteiger partial charge in [-0.3, -0.25) is 0 Å². The highest BCUT2D eigenvalue weighted by Crippen LogP contribution is 2.36. The van der Waals surface area contributed by atoms with Gasteiger partial charge in [0.25, 0.3) is 0 Å². The van der Waals surface area contributed by atoms with Crippen molar-refractivity contribution < 1.29 is 18.9 Å². The van der Waals surface area contributed by atoms with E-state index in [9.17, 15) is 10.0 Å². The van der Waals surface area contributed by atoms with E-state index in [0.29, 0.717) is 11.6 Å². The first-order chi connectivity index (χ1) is 8.04. The van der Waals surface area contributed by atoms with Crippen molar-refractivity contribution in [2.24, 2.45) is 0 Å². The van der Waals surface area contributed by atoms with Crippen LogP contribution < -0.4 is 5.66 Å². The minimum Gasteiger partial charge on any atom is -0.449 e. The molecule has 0 unspecified atom stereocenters. The molecule has 0 saturated heterocycles. The SMILES string of the molecule is Cc1nc(CO[Si](C)(C)C(C)(C)C)c(B(O)O)o1. The maximum atomic E-state index is 9.18. The second-order valence-electron chi connectivity index (χ2n) is 5.97. The van der Waals surface area contributed by atoms with Gasteiger partial charge in [-0.1, -0.05) is 20.8 Å². The fraction of sp³-hybridized carbons (Fsp3) is 0.727. The molecule has 102 valence electrons. The highest BCUT2D eigenvalue weighted by atomic mass is 28.4. The lowest BCUT2D eigenvalue weighted by atomic mass is 9.86. The summed E-state index contributed by atoms with van der Waals surface area (Å²) < 4.78 is 11.1. The Hall–Kier alpha value is -0.628. The van der Waals surface area contributed by atoms with Gasteiger partial charge in [-0.05, 0) is 18.1 Å². The molecule has 7 heteroatoms. The zero-order valence-electron chi connectivity index (χ0n) is 11.9. The van der Waals surface area contributed by atoms with Crippen molar-refractivity contribution in [1.29, 1.82) is 0 Å². The Morgan fingerprint density at radius 3 is 2.33 bits per heavy atom. The van der Waals surface area contributed by atoms with Gasteiger partial charge >= 0.3 is 7.12 Å². The summed E-state index contributed by atoms with van der Waals surface area (Å²) in [5, 5.41) is 18.5. The number of hydrogen-bond donors (Lipinski definition) is 2. The van der Waals surface area contributed by atoms with Gasteiger partial charge in [0, 0.05) is 6.92 Å². The van der Waals surface area contributed by atoms with Crippen molar-refractivity contribution in [3.05, 3.63) is 11.6 Å². The summed E-state index contributed by atoms with van der Waals surface area (Å²) in [6.07, 6.45) is 0. The molecule has 1 rings (SSSR count). The van der Waals surface area contributed by atoms with Gasteiger partial charge in [-0.2, -0.15) is 0 Å². The molecule has 0 spiro atoms. The van der Waals surface area contributed by atoms with Crippen LogP contribution in [0.2, 0.25) is 18.1 Å². The Morgan fingerprint density at radius 2 is 1.89 bits per heavy atom. The van der Waals surface area contributed by atoms with E-state index in [1.807, 2.05) is 0 Å². The fourth-order valence-corrected chi connectivity index (χ4v) is 2.19. The molecule has 1 aromatic rings. The molecule has 0 saturated carbocycles. The van der Waals surface area contributed by atoms with E-state index in [2.05, 4.69) is 38.8 Å². The largest absolute Gasteiger partial charge is 0.528 e. The summed E-state index contributed by atoms with van der Waals surface area (Å²) in [6, 6.07) is 0. The van der Waals surface area contributed by atoms with E-state index >= 15 is 0 Å². The predicted octanol–water partition coefficient (Wildman–Crippen LogP) is 1.18. The molecule has 2 N–H and O–H groups in total. The van der Waals surface area contributed by atoms with Crippen molar-refractivity contribution in [2.75, 3.05) is 0 Å². The molecular weight excluding hydrogens is 249 g/mol. The van der Waals surface area contributed by atoms with Crippen molar-refractivity contribution >= 4 is 21.1 Å². The van der Waals surface area contributed by atoms with Gasteiger partial charge in [0.05, 0.1) is 6.61 Å². The summed E-state index contributed by atoms with van der Waals surface area (Å²) in [4.78, 5) is 4.13. The van der Waals surface area contributed by atoms with Gasteiger partial charge in [-0.15, -0.1) is 0 Å². The molecular formula is C11H22BNO4Si. The Labute approximate surface area is 109 Å². The molecule has 0 amide bonds. The summed E-state index contributed by atoms with van der Waals surface area (Å²) in [5.41, 5.74) is 0.540. The topological polar surface area (TPSA) is 75.7 Å². The number of hydrogen-bond acceptors (Lipinski definition) is 5. The van der Waals surface area contributed by atoms with Gasteiger partial charge in [0.1, 0.15) is 5.69 Å². The van der Waals surface area contributed by atoms with Crippen LogP contribution in [-0.2, 0) is 11.0 Å². The third kappa shape index (κ3) is 3.44. The average Bonchev–Trinajstić information content (AvgIpc) is 2.55. The fourth-order valence-electron chi connectivity index (χ4n) is 1.26. The van der Waals surface area contributed by atoms with Crippen LogP contribution in [0.3, 0.4) is 0 Å². The average molecular weight is 271 g/mol. The Bertz CT molecular complexity index is 412. The third-order valence-corrected chi connectivity index (χ3v) is 7.92. The quantitative estimate of drug-likeness (QED) is 0.804. The molecule has 1 aromatic heterocycles. The molecule has 0 aromatic carbocycles. The number of aryl methyl sites for hydroxylation is 1. The first-order valence-electron chi connectivity index (χ1n) is 6.01. The lowest BCUT2D eigenvalue weighted by molar-refractivity contribution is 0.272. The molecule has 18 heavy (non-hydrogen) atoms. The van der Waals surface area contributed by atoms with E-state index in [-0.39, 0.29) is 17.3 Å². The second-order valence-corrected chi connectivity index (χ2v) is 10.8. The molecule has 5 nitrogen and oxygen atoms in total. The maximum Gasteiger partial charge on any atom is 0.528 e. The van der Waals surface area contributed by atoms with Crippen molar-refractivity contribution in [3.8, 4) is 0 Å². The molecule has 0 fully saturated rings. The third-order valence-electron chi connectivity index (χ3n) is 3.44. The van der Waals surface area contributed by atoms with Gasteiger partial charge < -0.3 is 18.9 Å². The lowest BCUT2D eigenvalue weighted by Gasteiger charge is -2.35. The molecule has 0 aliphatic rings. The van der Waals surface area contributed by atoms with Crippen LogP contribution in [0.4, 0.5) is 0 Å². The van der Waals surface area contributed by atoms with Crippen LogP contribution in [-0.4, -0.2) is 30.5 Å². The highest BCUT2D eigenvalue weighted by molar-refractivity contribution is 6.74. The van der Waals surface area contributed by atoms with Gasteiger partial charge in [0.2, 0.25) is 0 Å². The van der Waals surface area contributed by atoms with Crippen LogP contribution in [0, 0.1) is 6.92 Å². The standard InChI is InChI=1S/C11H22BNO4Si/c1-8-13-9(10(17-8)12(14)15)7-16-18(5,6)11(2,3)4/h14-15H,7H2,1-6H3. The minimum atomic E-state index is -1.88. The smallest absolute Gasteiger partial charge is 0.449 e. The molecule has 0 aliphatic carbocycles. The van der Waals surface area contributed by atoms with Crippen LogP contribution in [0.15, 0.2) is 4.42 Å². The number of rotatable bonds is 4. The highest BCUT2D eigenvalue weighted by Gasteiger charge is 2.37. The molecule has 0 radical (unpaired) electrons.